The van der Waals surface area contributed by atoms with E-state index in [2.05, 4.69) is 27.7 Å². The molecular weight excluding hydrogens is 376 g/mol. The predicted octanol–water partition coefficient (Wildman–Crippen LogP) is 7.24. The van der Waals surface area contributed by atoms with Gasteiger partial charge in [-0.1, -0.05) is 66.2 Å². The molecule has 1 heterocycles. The molecule has 1 saturated heterocycles. The van der Waals surface area contributed by atoms with Crippen LogP contribution in [0, 0.1) is 11.8 Å². The number of unbranched alkanes of at least 4 members (excludes halogenated alkanes) is 5. The van der Waals surface area contributed by atoms with Gasteiger partial charge in [0.15, 0.2) is 0 Å². The number of ether oxygens (including phenoxy) is 4. The Balaban J connectivity index is 2.06. The molecular formula is C26H50O4. The maximum atomic E-state index is 6.44. The zero-order valence-corrected chi connectivity index (χ0v) is 20.5. The summed E-state index contributed by atoms with van der Waals surface area (Å²) in [6, 6.07) is 0. The first kappa shape index (κ1) is 26.1. The Morgan fingerprint density at radius 3 is 1.90 bits per heavy atom. The molecule has 0 aromatic heterocycles. The number of fused-ring (bicyclic) bond motifs is 1. The lowest BCUT2D eigenvalue weighted by atomic mass is 9.80. The maximum Gasteiger partial charge on any atom is 0.285 e. The fourth-order valence-corrected chi connectivity index (χ4v) is 4.92. The van der Waals surface area contributed by atoms with E-state index >= 15 is 0 Å². The largest absolute Gasteiger partial charge is 0.370 e. The minimum absolute atomic E-state index is 0.300. The summed E-state index contributed by atoms with van der Waals surface area (Å²) in [4.78, 5) is 0. The molecule has 4 unspecified atom stereocenters. The van der Waals surface area contributed by atoms with E-state index in [0.29, 0.717) is 43.9 Å². The molecule has 4 heteroatoms. The van der Waals surface area contributed by atoms with Crippen molar-refractivity contribution in [2.45, 2.75) is 136 Å². The van der Waals surface area contributed by atoms with Crippen molar-refractivity contribution in [3.8, 4) is 0 Å². The van der Waals surface area contributed by atoms with Crippen LogP contribution >= 0.6 is 0 Å². The van der Waals surface area contributed by atoms with Gasteiger partial charge >= 0.3 is 0 Å². The van der Waals surface area contributed by atoms with Crippen LogP contribution in [-0.2, 0) is 18.9 Å². The second kappa shape index (κ2) is 14.8. The summed E-state index contributed by atoms with van der Waals surface area (Å²) >= 11 is 0. The lowest BCUT2D eigenvalue weighted by Crippen LogP contribution is -2.48. The van der Waals surface area contributed by atoms with Gasteiger partial charge in [0.25, 0.3) is 5.97 Å². The van der Waals surface area contributed by atoms with E-state index in [4.69, 9.17) is 18.9 Å². The molecule has 0 amide bonds. The molecule has 0 aromatic carbocycles. The molecule has 4 nitrogen and oxygen atoms in total. The van der Waals surface area contributed by atoms with Gasteiger partial charge < -0.3 is 18.9 Å². The summed E-state index contributed by atoms with van der Waals surface area (Å²) in [5.41, 5.74) is 0. The number of hydrogen-bond acceptors (Lipinski definition) is 4. The summed E-state index contributed by atoms with van der Waals surface area (Å²) in [7, 11) is 0. The van der Waals surface area contributed by atoms with Gasteiger partial charge in [0.2, 0.25) is 0 Å². The van der Waals surface area contributed by atoms with Gasteiger partial charge in [0.1, 0.15) is 0 Å². The number of epoxide rings is 1. The first-order chi connectivity index (χ1) is 14.7. The van der Waals surface area contributed by atoms with Gasteiger partial charge in [0, 0.05) is 5.92 Å². The van der Waals surface area contributed by atoms with E-state index in [1.165, 1.54) is 57.8 Å². The van der Waals surface area contributed by atoms with Crippen molar-refractivity contribution in [1.82, 2.24) is 0 Å². The third-order valence-corrected chi connectivity index (χ3v) is 6.66. The molecule has 0 aromatic rings. The zero-order chi connectivity index (χ0) is 21.7. The molecule has 30 heavy (non-hydrogen) atoms. The second-order valence-electron chi connectivity index (χ2n) is 9.53. The molecule has 4 atom stereocenters. The fraction of sp³-hybridized carbons (Fsp3) is 1.00. The summed E-state index contributed by atoms with van der Waals surface area (Å²) < 4.78 is 25.1. The monoisotopic (exact) mass is 426 g/mol. The van der Waals surface area contributed by atoms with E-state index in [1.807, 2.05) is 0 Å². The highest BCUT2D eigenvalue weighted by Crippen LogP contribution is 2.44. The molecule has 0 bridgehead atoms. The van der Waals surface area contributed by atoms with Crippen LogP contribution in [0.4, 0.5) is 0 Å². The lowest BCUT2D eigenvalue weighted by molar-refractivity contribution is -0.407. The van der Waals surface area contributed by atoms with E-state index in [9.17, 15) is 0 Å². The lowest BCUT2D eigenvalue weighted by Gasteiger charge is -2.41. The van der Waals surface area contributed by atoms with Crippen LogP contribution in [-0.4, -0.2) is 38.0 Å². The normalized spacial score (nSPS) is 24.6. The third-order valence-electron chi connectivity index (χ3n) is 6.66. The number of hydrogen-bond donors (Lipinski definition) is 0. The van der Waals surface area contributed by atoms with Crippen LogP contribution in [0.3, 0.4) is 0 Å². The van der Waals surface area contributed by atoms with Crippen molar-refractivity contribution in [1.29, 1.82) is 0 Å². The van der Waals surface area contributed by atoms with E-state index in [0.717, 1.165) is 32.1 Å². The molecule has 1 saturated carbocycles. The molecule has 0 radical (unpaired) electrons. The van der Waals surface area contributed by atoms with E-state index in [-0.39, 0.29) is 0 Å². The Kier molecular flexibility index (Phi) is 12.9. The van der Waals surface area contributed by atoms with Crippen molar-refractivity contribution >= 4 is 0 Å². The summed E-state index contributed by atoms with van der Waals surface area (Å²) in [5, 5.41) is 0. The Bertz CT molecular complexity index is 405. The highest BCUT2D eigenvalue weighted by Gasteiger charge is 2.48. The maximum absolute atomic E-state index is 6.44. The number of rotatable bonds is 19. The SMILES string of the molecule is CCCCCCCCC(CC1CCC2OC2C1)C(OCCC)(OCCC)OCCC. The molecule has 2 fully saturated rings. The Hall–Kier alpha value is -0.160. The van der Waals surface area contributed by atoms with Crippen molar-refractivity contribution in [2.75, 3.05) is 19.8 Å². The van der Waals surface area contributed by atoms with Crippen LogP contribution < -0.4 is 0 Å². The average Bonchev–Trinajstić information content (AvgIpc) is 3.54. The average molecular weight is 427 g/mol. The standard InChI is InChI=1S/C26H50O4/c1-5-9-10-11-12-13-14-23(20-22-15-16-24-25(21-22)30-24)26(27-17-6-2,28-18-7-3)29-19-8-4/h22-25H,5-21H2,1-4H3. The van der Waals surface area contributed by atoms with Gasteiger partial charge in [-0.3, -0.25) is 0 Å². The molecule has 0 spiro atoms. The molecule has 1 aliphatic heterocycles. The van der Waals surface area contributed by atoms with Gasteiger partial charge in [-0.15, -0.1) is 0 Å². The van der Waals surface area contributed by atoms with Crippen molar-refractivity contribution in [3.63, 3.8) is 0 Å². The summed E-state index contributed by atoms with van der Waals surface area (Å²) in [6.07, 6.45) is 17.9. The van der Waals surface area contributed by atoms with Crippen LogP contribution in [0.1, 0.15) is 118 Å². The van der Waals surface area contributed by atoms with Gasteiger partial charge in [-0.2, -0.15) is 0 Å². The van der Waals surface area contributed by atoms with Gasteiger partial charge in [-0.25, -0.2) is 0 Å². The van der Waals surface area contributed by atoms with Crippen LogP contribution in [0.2, 0.25) is 0 Å². The minimum Gasteiger partial charge on any atom is -0.370 e. The molecule has 0 N–H and O–H groups in total. The van der Waals surface area contributed by atoms with E-state index in [1.54, 1.807) is 0 Å². The van der Waals surface area contributed by atoms with Crippen LogP contribution in [0.25, 0.3) is 0 Å². The molecule has 1 aliphatic carbocycles. The Morgan fingerprint density at radius 2 is 1.33 bits per heavy atom. The van der Waals surface area contributed by atoms with Crippen LogP contribution in [0.15, 0.2) is 0 Å². The summed E-state index contributed by atoms with van der Waals surface area (Å²) in [5.74, 6) is 0.139. The van der Waals surface area contributed by atoms with E-state index < -0.39 is 5.97 Å². The summed E-state index contributed by atoms with van der Waals surface area (Å²) in [6.45, 7) is 10.9. The minimum atomic E-state index is -0.868. The quantitative estimate of drug-likeness (QED) is 0.124. The molecule has 2 aliphatic rings. The first-order valence-corrected chi connectivity index (χ1v) is 13.3. The first-order valence-electron chi connectivity index (χ1n) is 13.3. The second-order valence-corrected chi connectivity index (χ2v) is 9.53. The van der Waals surface area contributed by atoms with Gasteiger partial charge in [0.05, 0.1) is 32.0 Å². The van der Waals surface area contributed by atoms with Crippen molar-refractivity contribution in [3.05, 3.63) is 0 Å². The smallest absolute Gasteiger partial charge is 0.285 e. The van der Waals surface area contributed by atoms with Crippen LogP contribution in [0.5, 0.6) is 0 Å². The molecule has 178 valence electrons. The molecule has 2 rings (SSSR count). The topological polar surface area (TPSA) is 40.2 Å². The highest BCUT2D eigenvalue weighted by atomic mass is 16.9. The zero-order valence-electron chi connectivity index (χ0n) is 20.5. The van der Waals surface area contributed by atoms with Crippen molar-refractivity contribution < 1.29 is 18.9 Å². The van der Waals surface area contributed by atoms with Crippen molar-refractivity contribution in [2.24, 2.45) is 11.8 Å². The fourth-order valence-electron chi connectivity index (χ4n) is 4.92. The highest BCUT2D eigenvalue weighted by molar-refractivity contribution is 4.93. The van der Waals surface area contributed by atoms with Gasteiger partial charge in [-0.05, 0) is 57.3 Å². The third kappa shape index (κ3) is 8.76. The Morgan fingerprint density at radius 1 is 0.733 bits per heavy atom. The Labute approximate surface area is 186 Å². The predicted molar refractivity (Wildman–Crippen MR) is 124 cm³/mol.